The van der Waals surface area contributed by atoms with E-state index in [9.17, 15) is 4.79 Å². The summed E-state index contributed by atoms with van der Waals surface area (Å²) in [6.45, 7) is 2.99. The highest BCUT2D eigenvalue weighted by Gasteiger charge is 2.03. The van der Waals surface area contributed by atoms with Gasteiger partial charge in [-0.05, 0) is 19.8 Å². The number of unbranched alkanes of at least 4 members (excludes halogenated alkanes) is 3. The van der Waals surface area contributed by atoms with Crippen molar-refractivity contribution < 1.29 is 9.90 Å². The van der Waals surface area contributed by atoms with Gasteiger partial charge in [-0.2, -0.15) is 0 Å². The van der Waals surface area contributed by atoms with Gasteiger partial charge in [0.25, 0.3) is 0 Å². The lowest BCUT2D eigenvalue weighted by atomic mass is 10.2. The number of rotatable bonds is 10. The molecule has 2 N–H and O–H groups in total. The second-order valence-corrected chi connectivity index (χ2v) is 6.39. The Morgan fingerprint density at radius 1 is 1.42 bits per heavy atom. The van der Waals surface area contributed by atoms with E-state index in [-0.39, 0.29) is 12.5 Å². The molecule has 0 aromatic carbocycles. The summed E-state index contributed by atoms with van der Waals surface area (Å²) in [5.41, 5.74) is 1.06. The van der Waals surface area contributed by atoms with Gasteiger partial charge in [0.15, 0.2) is 0 Å². The van der Waals surface area contributed by atoms with Crippen LogP contribution < -0.4 is 5.32 Å². The zero-order valence-electron chi connectivity index (χ0n) is 11.4. The lowest BCUT2D eigenvalue weighted by Crippen LogP contribution is -2.26. The van der Waals surface area contributed by atoms with E-state index in [2.05, 4.69) is 10.3 Å². The second-order valence-electron chi connectivity index (χ2n) is 4.34. The molecule has 4 nitrogen and oxygen atoms in total. The first-order valence-electron chi connectivity index (χ1n) is 6.58. The van der Waals surface area contributed by atoms with Crippen LogP contribution in [-0.2, 0) is 10.5 Å². The summed E-state index contributed by atoms with van der Waals surface area (Å²) >= 11 is 3.24. The lowest BCUT2D eigenvalue weighted by molar-refractivity contribution is -0.118. The van der Waals surface area contributed by atoms with Crippen molar-refractivity contribution >= 4 is 29.0 Å². The molecule has 0 saturated carbocycles. The van der Waals surface area contributed by atoms with Crippen LogP contribution in [0.4, 0.5) is 0 Å². The highest BCUT2D eigenvalue weighted by molar-refractivity contribution is 7.99. The van der Waals surface area contributed by atoms with E-state index in [1.54, 1.807) is 23.1 Å². The number of aromatic nitrogens is 1. The smallest absolute Gasteiger partial charge is 0.230 e. The van der Waals surface area contributed by atoms with E-state index in [0.29, 0.717) is 5.75 Å². The Morgan fingerprint density at radius 2 is 2.21 bits per heavy atom. The maximum absolute atomic E-state index is 11.5. The zero-order valence-corrected chi connectivity index (χ0v) is 13.0. The number of carbonyl (C=O) groups is 1. The average molecular weight is 302 g/mol. The fourth-order valence-corrected chi connectivity index (χ4v) is 3.06. The van der Waals surface area contributed by atoms with Crippen LogP contribution in [0.3, 0.4) is 0 Å². The van der Waals surface area contributed by atoms with Crippen molar-refractivity contribution in [3.8, 4) is 0 Å². The zero-order chi connectivity index (χ0) is 13.9. The summed E-state index contributed by atoms with van der Waals surface area (Å²) in [4.78, 5) is 15.9. The largest absolute Gasteiger partial charge is 0.396 e. The van der Waals surface area contributed by atoms with Gasteiger partial charge >= 0.3 is 0 Å². The predicted molar refractivity (Wildman–Crippen MR) is 81.6 cm³/mol. The molecule has 0 bridgehead atoms. The standard InChI is InChI=1S/C13H22N2O2S2/c1-11-15-12(9-19-11)8-18-10-13(17)14-6-4-2-3-5-7-16/h9,16H,2-8,10H2,1H3,(H,14,17). The molecule has 0 saturated heterocycles. The Hall–Kier alpha value is -0.590. The van der Waals surface area contributed by atoms with Crippen molar-refractivity contribution in [2.45, 2.75) is 38.4 Å². The van der Waals surface area contributed by atoms with Crippen molar-refractivity contribution in [3.05, 3.63) is 16.1 Å². The third kappa shape index (κ3) is 8.23. The lowest BCUT2D eigenvalue weighted by Gasteiger charge is -2.04. The molecule has 0 aliphatic carbocycles. The van der Waals surface area contributed by atoms with Crippen LogP contribution in [0.15, 0.2) is 5.38 Å². The summed E-state index contributed by atoms with van der Waals surface area (Å²) in [6, 6.07) is 0. The fraction of sp³-hybridized carbons (Fsp3) is 0.692. The molecule has 1 aromatic rings. The van der Waals surface area contributed by atoms with E-state index < -0.39 is 0 Å². The minimum atomic E-state index is 0.0964. The molecule has 0 spiro atoms. The van der Waals surface area contributed by atoms with Gasteiger partial charge in [-0.25, -0.2) is 4.98 Å². The van der Waals surface area contributed by atoms with Crippen LogP contribution in [0.5, 0.6) is 0 Å². The molecule has 0 radical (unpaired) electrons. The summed E-state index contributed by atoms with van der Waals surface area (Å²) < 4.78 is 0. The summed E-state index contributed by atoms with van der Waals surface area (Å²) in [6.07, 6.45) is 3.94. The van der Waals surface area contributed by atoms with Crippen LogP contribution in [0.25, 0.3) is 0 Å². The van der Waals surface area contributed by atoms with Gasteiger partial charge in [0.1, 0.15) is 0 Å². The highest BCUT2D eigenvalue weighted by atomic mass is 32.2. The van der Waals surface area contributed by atoms with Crippen molar-refractivity contribution in [1.82, 2.24) is 10.3 Å². The number of aryl methyl sites for hydroxylation is 1. The Balaban J connectivity index is 1.96. The minimum Gasteiger partial charge on any atom is -0.396 e. The number of hydrogen-bond donors (Lipinski definition) is 2. The molecule has 0 fully saturated rings. The topological polar surface area (TPSA) is 62.2 Å². The normalized spacial score (nSPS) is 10.6. The van der Waals surface area contributed by atoms with Gasteiger partial charge in [-0.3, -0.25) is 4.79 Å². The molecule has 0 atom stereocenters. The molecule has 108 valence electrons. The van der Waals surface area contributed by atoms with E-state index in [1.165, 1.54) is 0 Å². The van der Waals surface area contributed by atoms with Gasteiger partial charge in [-0.15, -0.1) is 23.1 Å². The summed E-state index contributed by atoms with van der Waals surface area (Å²) in [5.74, 6) is 1.39. The molecule has 6 heteroatoms. The Labute approximate surface area is 123 Å². The monoisotopic (exact) mass is 302 g/mol. The number of nitrogens with one attached hydrogen (secondary N) is 1. The number of carbonyl (C=O) groups excluding carboxylic acids is 1. The van der Waals surface area contributed by atoms with E-state index in [1.807, 2.05) is 12.3 Å². The molecule has 1 aromatic heterocycles. The third-order valence-corrected chi connectivity index (χ3v) is 4.35. The SMILES string of the molecule is Cc1nc(CSCC(=O)NCCCCCCO)cs1. The first-order valence-corrected chi connectivity index (χ1v) is 8.62. The number of hydrogen-bond acceptors (Lipinski definition) is 5. The Morgan fingerprint density at radius 3 is 2.89 bits per heavy atom. The van der Waals surface area contributed by atoms with Crippen molar-refractivity contribution in [2.24, 2.45) is 0 Å². The van der Waals surface area contributed by atoms with Gasteiger partial charge in [-0.1, -0.05) is 12.8 Å². The number of aliphatic hydroxyl groups is 1. The van der Waals surface area contributed by atoms with E-state index >= 15 is 0 Å². The van der Waals surface area contributed by atoms with Gasteiger partial charge in [0.2, 0.25) is 5.91 Å². The van der Waals surface area contributed by atoms with Crippen molar-refractivity contribution in [3.63, 3.8) is 0 Å². The maximum atomic E-state index is 11.5. The minimum absolute atomic E-state index is 0.0964. The number of amides is 1. The van der Waals surface area contributed by atoms with Crippen LogP contribution in [0.1, 0.15) is 36.4 Å². The average Bonchev–Trinajstić information content (AvgIpc) is 2.79. The van der Waals surface area contributed by atoms with Gasteiger partial charge in [0.05, 0.1) is 16.5 Å². The summed E-state index contributed by atoms with van der Waals surface area (Å²) in [5, 5.41) is 14.7. The maximum Gasteiger partial charge on any atom is 0.230 e. The van der Waals surface area contributed by atoms with Gasteiger partial charge < -0.3 is 10.4 Å². The van der Waals surface area contributed by atoms with Crippen LogP contribution in [0, 0.1) is 6.92 Å². The van der Waals surface area contributed by atoms with Gasteiger partial charge in [0, 0.05) is 24.3 Å². The molecule has 1 heterocycles. The third-order valence-electron chi connectivity index (χ3n) is 2.56. The second kappa shape index (κ2) is 10.2. The Bertz CT molecular complexity index is 369. The molecule has 0 aliphatic heterocycles. The van der Waals surface area contributed by atoms with E-state index in [0.717, 1.165) is 48.7 Å². The van der Waals surface area contributed by atoms with E-state index in [4.69, 9.17) is 5.11 Å². The number of thiazole rings is 1. The number of aliphatic hydroxyl groups excluding tert-OH is 1. The molecule has 0 unspecified atom stereocenters. The number of nitrogens with zero attached hydrogens (tertiary/aromatic N) is 1. The first-order chi connectivity index (χ1) is 9.22. The fourth-order valence-electron chi connectivity index (χ4n) is 1.59. The molecule has 19 heavy (non-hydrogen) atoms. The molecular weight excluding hydrogens is 280 g/mol. The quantitative estimate of drug-likeness (QED) is 0.651. The molecular formula is C13H22N2O2S2. The van der Waals surface area contributed by atoms with Crippen LogP contribution in [-0.4, -0.2) is 34.9 Å². The van der Waals surface area contributed by atoms with Crippen molar-refractivity contribution in [1.29, 1.82) is 0 Å². The molecule has 0 aliphatic rings. The van der Waals surface area contributed by atoms with Crippen molar-refractivity contribution in [2.75, 3.05) is 18.9 Å². The molecule has 1 amide bonds. The summed E-state index contributed by atoms with van der Waals surface area (Å²) in [7, 11) is 0. The Kier molecular flexibility index (Phi) is 8.86. The number of thioether (sulfide) groups is 1. The van der Waals surface area contributed by atoms with Crippen LogP contribution >= 0.6 is 23.1 Å². The first kappa shape index (κ1) is 16.5. The highest BCUT2D eigenvalue weighted by Crippen LogP contribution is 2.14. The molecule has 1 rings (SSSR count). The van der Waals surface area contributed by atoms with Crippen LogP contribution in [0.2, 0.25) is 0 Å². The predicted octanol–water partition coefficient (Wildman–Crippen LogP) is 2.35.